The van der Waals surface area contributed by atoms with Gasteiger partial charge in [-0.3, -0.25) is 4.79 Å². The van der Waals surface area contributed by atoms with Crippen molar-refractivity contribution in [2.24, 2.45) is 0 Å². The molecule has 0 spiro atoms. The predicted molar refractivity (Wildman–Crippen MR) is 64.0 cm³/mol. The summed E-state index contributed by atoms with van der Waals surface area (Å²) >= 11 is 0. The van der Waals surface area contributed by atoms with Crippen molar-refractivity contribution in [1.29, 1.82) is 0 Å². The number of hydrogen-bond acceptors (Lipinski definition) is 1. The number of aliphatic carboxylic acids is 1. The molecule has 0 saturated carbocycles. The Kier molecular flexibility index (Phi) is 10.7. The third-order valence-corrected chi connectivity index (χ3v) is 2.38. The van der Waals surface area contributed by atoms with Crippen LogP contribution in [-0.2, 0) is 4.79 Å². The Morgan fingerprint density at radius 2 is 1.60 bits per heavy atom. The lowest BCUT2D eigenvalue weighted by Gasteiger charge is -1.98. The van der Waals surface area contributed by atoms with Gasteiger partial charge < -0.3 is 5.11 Å². The number of allylic oxidation sites excluding steroid dienone is 2. The summed E-state index contributed by atoms with van der Waals surface area (Å²) in [4.78, 5) is 10.2. The number of rotatable bonds is 10. The van der Waals surface area contributed by atoms with E-state index in [9.17, 15) is 4.79 Å². The summed E-state index contributed by atoms with van der Waals surface area (Å²) in [5.41, 5.74) is 0. The van der Waals surface area contributed by atoms with Crippen molar-refractivity contribution < 1.29 is 9.90 Å². The van der Waals surface area contributed by atoms with Crippen molar-refractivity contribution >= 4 is 5.97 Å². The molecule has 2 nitrogen and oxygen atoms in total. The first-order chi connectivity index (χ1) is 7.27. The van der Waals surface area contributed by atoms with Crippen molar-refractivity contribution in [1.82, 2.24) is 0 Å². The molecule has 0 bridgehead atoms. The van der Waals surface area contributed by atoms with Crippen LogP contribution in [0.4, 0.5) is 0 Å². The number of carboxylic acid groups (broad SMARTS) is 1. The Morgan fingerprint density at radius 1 is 1.00 bits per heavy atom. The quantitative estimate of drug-likeness (QED) is 0.436. The molecule has 0 radical (unpaired) electrons. The van der Waals surface area contributed by atoms with Crippen molar-refractivity contribution in [3.05, 3.63) is 12.2 Å². The van der Waals surface area contributed by atoms with Gasteiger partial charge in [-0.2, -0.15) is 0 Å². The van der Waals surface area contributed by atoms with Crippen LogP contribution in [0, 0.1) is 0 Å². The molecular formula is C13H24O2. The summed E-state index contributed by atoms with van der Waals surface area (Å²) in [6, 6.07) is 0. The fraction of sp³-hybridized carbons (Fsp3) is 0.769. The summed E-state index contributed by atoms with van der Waals surface area (Å²) in [6.07, 6.45) is 14.0. The van der Waals surface area contributed by atoms with Gasteiger partial charge in [-0.1, -0.05) is 44.8 Å². The Morgan fingerprint density at radius 3 is 2.27 bits per heavy atom. The zero-order valence-electron chi connectivity index (χ0n) is 9.87. The average molecular weight is 212 g/mol. The zero-order valence-corrected chi connectivity index (χ0v) is 9.87. The topological polar surface area (TPSA) is 37.3 Å². The SMILES string of the molecule is CCC/C=C/CCCCCCCC(=O)O. The van der Waals surface area contributed by atoms with E-state index in [1.54, 1.807) is 0 Å². The van der Waals surface area contributed by atoms with Gasteiger partial charge in [-0.05, 0) is 25.7 Å². The highest BCUT2D eigenvalue weighted by atomic mass is 16.4. The number of carbonyl (C=O) groups is 1. The van der Waals surface area contributed by atoms with Crippen LogP contribution in [0.5, 0.6) is 0 Å². The molecule has 0 amide bonds. The molecule has 0 heterocycles. The van der Waals surface area contributed by atoms with Gasteiger partial charge in [0, 0.05) is 6.42 Å². The van der Waals surface area contributed by atoms with E-state index < -0.39 is 5.97 Å². The second-order valence-electron chi connectivity index (χ2n) is 3.96. The number of unbranched alkanes of at least 4 members (excludes halogenated alkanes) is 6. The van der Waals surface area contributed by atoms with Gasteiger partial charge in [0.05, 0.1) is 0 Å². The molecule has 15 heavy (non-hydrogen) atoms. The molecule has 0 aromatic heterocycles. The maximum Gasteiger partial charge on any atom is 0.303 e. The molecular weight excluding hydrogens is 188 g/mol. The summed E-state index contributed by atoms with van der Waals surface area (Å²) in [7, 11) is 0. The van der Waals surface area contributed by atoms with E-state index in [0.29, 0.717) is 6.42 Å². The van der Waals surface area contributed by atoms with Crippen LogP contribution >= 0.6 is 0 Å². The third-order valence-electron chi connectivity index (χ3n) is 2.38. The third kappa shape index (κ3) is 13.2. The monoisotopic (exact) mass is 212 g/mol. The highest BCUT2D eigenvalue weighted by molar-refractivity contribution is 5.66. The van der Waals surface area contributed by atoms with E-state index in [2.05, 4.69) is 19.1 Å². The Balaban J connectivity index is 3.01. The van der Waals surface area contributed by atoms with Crippen LogP contribution in [-0.4, -0.2) is 11.1 Å². The highest BCUT2D eigenvalue weighted by Crippen LogP contribution is 2.07. The normalized spacial score (nSPS) is 11.0. The van der Waals surface area contributed by atoms with Crippen molar-refractivity contribution in [2.75, 3.05) is 0 Å². The van der Waals surface area contributed by atoms with Gasteiger partial charge in [0.15, 0.2) is 0 Å². The lowest BCUT2D eigenvalue weighted by Crippen LogP contribution is -1.93. The van der Waals surface area contributed by atoms with Crippen LogP contribution in [0.3, 0.4) is 0 Å². The van der Waals surface area contributed by atoms with E-state index in [4.69, 9.17) is 5.11 Å². The lowest BCUT2D eigenvalue weighted by molar-refractivity contribution is -0.137. The van der Waals surface area contributed by atoms with Crippen molar-refractivity contribution in [3.63, 3.8) is 0 Å². The predicted octanol–water partition coefficient (Wildman–Crippen LogP) is 4.16. The molecule has 0 aliphatic heterocycles. The van der Waals surface area contributed by atoms with E-state index in [0.717, 1.165) is 12.8 Å². The van der Waals surface area contributed by atoms with E-state index >= 15 is 0 Å². The first-order valence-electron chi connectivity index (χ1n) is 6.14. The molecule has 88 valence electrons. The molecule has 0 atom stereocenters. The minimum absolute atomic E-state index is 0.330. The fourth-order valence-electron chi connectivity index (χ4n) is 1.47. The van der Waals surface area contributed by atoms with Crippen LogP contribution in [0.2, 0.25) is 0 Å². The average Bonchev–Trinajstić information content (AvgIpc) is 2.20. The smallest absolute Gasteiger partial charge is 0.303 e. The Hall–Kier alpha value is -0.790. The molecule has 0 aliphatic carbocycles. The summed E-state index contributed by atoms with van der Waals surface area (Å²) in [5, 5.41) is 8.43. The standard InChI is InChI=1S/C13H24O2/c1-2-3-4-5-6-7-8-9-10-11-12-13(14)15/h4-5H,2-3,6-12H2,1H3,(H,14,15)/b5-4+. The lowest BCUT2D eigenvalue weighted by atomic mass is 10.1. The second-order valence-corrected chi connectivity index (χ2v) is 3.96. The van der Waals surface area contributed by atoms with Crippen LogP contribution < -0.4 is 0 Å². The van der Waals surface area contributed by atoms with Gasteiger partial charge in [0.1, 0.15) is 0 Å². The summed E-state index contributed by atoms with van der Waals surface area (Å²) < 4.78 is 0. The van der Waals surface area contributed by atoms with Crippen LogP contribution in [0.15, 0.2) is 12.2 Å². The molecule has 0 aliphatic rings. The maximum atomic E-state index is 10.2. The maximum absolute atomic E-state index is 10.2. The van der Waals surface area contributed by atoms with Crippen LogP contribution in [0.25, 0.3) is 0 Å². The first kappa shape index (κ1) is 14.2. The minimum Gasteiger partial charge on any atom is -0.481 e. The second kappa shape index (κ2) is 11.3. The minimum atomic E-state index is -0.669. The molecule has 0 fully saturated rings. The number of hydrogen-bond donors (Lipinski definition) is 1. The summed E-state index contributed by atoms with van der Waals surface area (Å²) in [5.74, 6) is -0.669. The highest BCUT2D eigenvalue weighted by Gasteiger charge is 1.95. The van der Waals surface area contributed by atoms with E-state index in [1.807, 2.05) is 0 Å². The molecule has 1 N–H and O–H groups in total. The summed E-state index contributed by atoms with van der Waals surface area (Å²) in [6.45, 7) is 2.19. The molecule has 0 aromatic carbocycles. The van der Waals surface area contributed by atoms with Crippen LogP contribution in [0.1, 0.15) is 64.7 Å². The first-order valence-corrected chi connectivity index (χ1v) is 6.14. The zero-order chi connectivity index (χ0) is 11.4. The molecule has 2 heteroatoms. The number of carboxylic acids is 1. The molecule has 0 unspecified atom stereocenters. The Bertz CT molecular complexity index is 173. The van der Waals surface area contributed by atoms with Crippen molar-refractivity contribution in [2.45, 2.75) is 64.7 Å². The molecule has 0 saturated heterocycles. The Labute approximate surface area is 93.4 Å². The van der Waals surface area contributed by atoms with Gasteiger partial charge >= 0.3 is 5.97 Å². The van der Waals surface area contributed by atoms with Gasteiger partial charge in [0.25, 0.3) is 0 Å². The molecule has 0 aromatic rings. The fourth-order valence-corrected chi connectivity index (χ4v) is 1.47. The van der Waals surface area contributed by atoms with E-state index in [1.165, 1.54) is 38.5 Å². The van der Waals surface area contributed by atoms with Gasteiger partial charge in [0.2, 0.25) is 0 Å². The van der Waals surface area contributed by atoms with Crippen molar-refractivity contribution in [3.8, 4) is 0 Å². The van der Waals surface area contributed by atoms with E-state index in [-0.39, 0.29) is 0 Å². The largest absolute Gasteiger partial charge is 0.481 e. The van der Waals surface area contributed by atoms with Gasteiger partial charge in [-0.15, -0.1) is 0 Å². The van der Waals surface area contributed by atoms with Gasteiger partial charge in [-0.25, -0.2) is 0 Å². The molecule has 0 rings (SSSR count).